The Labute approximate surface area is 89.7 Å². The summed E-state index contributed by atoms with van der Waals surface area (Å²) in [6, 6.07) is 5.81. The number of nitrogens with one attached hydrogen (secondary N) is 1. The Kier molecular flexibility index (Phi) is 4.77. The number of aryl methyl sites for hydroxylation is 1. The van der Waals surface area contributed by atoms with Gasteiger partial charge in [0, 0.05) is 12.2 Å². The molecule has 0 bridgehead atoms. The molecule has 4 heteroatoms. The maximum absolute atomic E-state index is 11.0. The molecule has 0 saturated heterocycles. The van der Waals surface area contributed by atoms with E-state index in [1.165, 1.54) is 0 Å². The third kappa shape index (κ3) is 4.56. The average Bonchev–Trinajstić information content (AvgIpc) is 2.18. The molecule has 0 aliphatic carbocycles. The van der Waals surface area contributed by atoms with Crippen molar-refractivity contribution in [2.45, 2.75) is 20.4 Å². The highest BCUT2D eigenvalue weighted by molar-refractivity contribution is 5.71. The van der Waals surface area contributed by atoms with Gasteiger partial charge in [0.05, 0.1) is 18.8 Å². The zero-order valence-electron chi connectivity index (χ0n) is 9.12. The third-order valence-electron chi connectivity index (χ3n) is 1.83. The number of hydrogen-bond acceptors (Lipinski definition) is 4. The molecule has 0 spiro atoms. The van der Waals surface area contributed by atoms with Crippen molar-refractivity contribution in [3.8, 4) is 0 Å². The van der Waals surface area contributed by atoms with E-state index in [1.807, 2.05) is 25.1 Å². The zero-order valence-corrected chi connectivity index (χ0v) is 9.12. The van der Waals surface area contributed by atoms with Crippen LogP contribution in [-0.4, -0.2) is 24.1 Å². The molecule has 0 saturated carbocycles. The van der Waals surface area contributed by atoms with Crippen molar-refractivity contribution in [1.82, 2.24) is 10.3 Å². The van der Waals surface area contributed by atoms with Gasteiger partial charge in [-0.3, -0.25) is 9.78 Å². The van der Waals surface area contributed by atoms with E-state index in [-0.39, 0.29) is 12.5 Å². The second-order valence-corrected chi connectivity index (χ2v) is 3.18. The maximum atomic E-state index is 11.0. The van der Waals surface area contributed by atoms with Crippen LogP contribution in [0.15, 0.2) is 18.2 Å². The van der Waals surface area contributed by atoms with E-state index in [2.05, 4.69) is 10.3 Å². The standard InChI is InChI=1S/C11H16N2O2/c1-3-15-11(14)8-12-7-10-6-4-5-9(2)13-10/h4-6,12H,3,7-8H2,1-2H3. The van der Waals surface area contributed by atoms with Gasteiger partial charge in [0.2, 0.25) is 0 Å². The van der Waals surface area contributed by atoms with Crippen LogP contribution in [0.1, 0.15) is 18.3 Å². The number of carbonyl (C=O) groups excluding carboxylic acids is 1. The topological polar surface area (TPSA) is 51.2 Å². The van der Waals surface area contributed by atoms with E-state index in [1.54, 1.807) is 6.92 Å². The van der Waals surface area contributed by atoms with Crippen molar-refractivity contribution in [3.05, 3.63) is 29.6 Å². The van der Waals surface area contributed by atoms with Gasteiger partial charge in [0.25, 0.3) is 0 Å². The number of rotatable bonds is 5. The molecule has 0 amide bonds. The lowest BCUT2D eigenvalue weighted by Gasteiger charge is -2.04. The minimum atomic E-state index is -0.231. The average molecular weight is 208 g/mol. The number of nitrogens with zero attached hydrogens (tertiary/aromatic N) is 1. The summed E-state index contributed by atoms with van der Waals surface area (Å²) in [7, 11) is 0. The van der Waals surface area contributed by atoms with Gasteiger partial charge in [-0.2, -0.15) is 0 Å². The van der Waals surface area contributed by atoms with Crippen molar-refractivity contribution >= 4 is 5.97 Å². The summed E-state index contributed by atoms with van der Waals surface area (Å²) >= 11 is 0. The van der Waals surface area contributed by atoms with Gasteiger partial charge in [-0.1, -0.05) is 6.07 Å². The molecule has 0 fully saturated rings. The lowest BCUT2D eigenvalue weighted by Crippen LogP contribution is -2.24. The Hall–Kier alpha value is -1.42. The van der Waals surface area contributed by atoms with Crippen LogP contribution in [0.5, 0.6) is 0 Å². The van der Waals surface area contributed by atoms with E-state index in [0.29, 0.717) is 13.2 Å². The van der Waals surface area contributed by atoms with Crippen LogP contribution in [0.25, 0.3) is 0 Å². The molecule has 0 unspecified atom stereocenters. The first-order valence-corrected chi connectivity index (χ1v) is 5.01. The van der Waals surface area contributed by atoms with Crippen molar-refractivity contribution < 1.29 is 9.53 Å². The second-order valence-electron chi connectivity index (χ2n) is 3.18. The Morgan fingerprint density at radius 3 is 3.00 bits per heavy atom. The molecule has 0 radical (unpaired) electrons. The van der Waals surface area contributed by atoms with Gasteiger partial charge in [-0.15, -0.1) is 0 Å². The monoisotopic (exact) mass is 208 g/mol. The van der Waals surface area contributed by atoms with Gasteiger partial charge in [-0.05, 0) is 26.0 Å². The summed E-state index contributed by atoms with van der Waals surface area (Å²) < 4.78 is 4.78. The summed E-state index contributed by atoms with van der Waals surface area (Å²) in [6.45, 7) is 4.96. The number of esters is 1. The smallest absolute Gasteiger partial charge is 0.319 e. The minimum Gasteiger partial charge on any atom is -0.465 e. The molecule has 0 aliphatic heterocycles. The lowest BCUT2D eigenvalue weighted by atomic mass is 10.3. The number of pyridine rings is 1. The van der Waals surface area contributed by atoms with Gasteiger partial charge in [0.1, 0.15) is 0 Å². The molecule has 0 atom stereocenters. The molecule has 0 aromatic carbocycles. The first kappa shape index (κ1) is 11.7. The maximum Gasteiger partial charge on any atom is 0.319 e. The lowest BCUT2D eigenvalue weighted by molar-refractivity contribution is -0.142. The zero-order chi connectivity index (χ0) is 11.1. The fourth-order valence-corrected chi connectivity index (χ4v) is 1.20. The van der Waals surface area contributed by atoms with E-state index in [4.69, 9.17) is 4.74 Å². The largest absolute Gasteiger partial charge is 0.465 e. The van der Waals surface area contributed by atoms with Gasteiger partial charge in [-0.25, -0.2) is 0 Å². The highest BCUT2D eigenvalue weighted by atomic mass is 16.5. The quantitative estimate of drug-likeness (QED) is 0.735. The van der Waals surface area contributed by atoms with Crippen LogP contribution in [-0.2, 0) is 16.1 Å². The Morgan fingerprint density at radius 1 is 1.53 bits per heavy atom. The van der Waals surface area contributed by atoms with Crippen molar-refractivity contribution in [3.63, 3.8) is 0 Å². The van der Waals surface area contributed by atoms with Crippen LogP contribution in [0.2, 0.25) is 0 Å². The normalized spacial score (nSPS) is 10.0. The molecule has 0 aliphatic rings. The number of ether oxygens (including phenoxy) is 1. The van der Waals surface area contributed by atoms with E-state index < -0.39 is 0 Å². The highest BCUT2D eigenvalue weighted by Crippen LogP contribution is 1.96. The van der Waals surface area contributed by atoms with Crippen molar-refractivity contribution in [1.29, 1.82) is 0 Å². The third-order valence-corrected chi connectivity index (χ3v) is 1.83. The van der Waals surface area contributed by atoms with Gasteiger partial charge >= 0.3 is 5.97 Å². The van der Waals surface area contributed by atoms with Crippen LogP contribution in [0.4, 0.5) is 0 Å². The predicted octanol–water partition coefficient (Wildman–Crippen LogP) is 1.04. The first-order chi connectivity index (χ1) is 7.22. The number of aromatic nitrogens is 1. The molecular weight excluding hydrogens is 192 g/mol. The molecule has 1 aromatic rings. The minimum absolute atomic E-state index is 0.226. The molecule has 1 aromatic heterocycles. The predicted molar refractivity (Wildman–Crippen MR) is 57.3 cm³/mol. The highest BCUT2D eigenvalue weighted by Gasteiger charge is 2.00. The first-order valence-electron chi connectivity index (χ1n) is 5.01. The van der Waals surface area contributed by atoms with Crippen LogP contribution >= 0.6 is 0 Å². The Morgan fingerprint density at radius 2 is 2.33 bits per heavy atom. The van der Waals surface area contributed by atoms with Crippen LogP contribution in [0, 0.1) is 6.92 Å². The van der Waals surface area contributed by atoms with Crippen LogP contribution < -0.4 is 5.32 Å². The molecular formula is C11H16N2O2. The molecule has 82 valence electrons. The summed E-state index contributed by atoms with van der Waals surface area (Å²) in [5.74, 6) is -0.231. The van der Waals surface area contributed by atoms with Crippen LogP contribution in [0.3, 0.4) is 0 Å². The Bertz CT molecular complexity index is 326. The summed E-state index contributed by atoms with van der Waals surface area (Å²) in [5, 5.41) is 2.98. The SMILES string of the molecule is CCOC(=O)CNCc1cccc(C)n1. The van der Waals surface area contributed by atoms with E-state index in [9.17, 15) is 4.79 Å². The molecule has 15 heavy (non-hydrogen) atoms. The number of hydrogen-bond donors (Lipinski definition) is 1. The van der Waals surface area contributed by atoms with Gasteiger partial charge < -0.3 is 10.1 Å². The fraction of sp³-hybridized carbons (Fsp3) is 0.455. The van der Waals surface area contributed by atoms with E-state index >= 15 is 0 Å². The number of carbonyl (C=O) groups is 1. The summed E-state index contributed by atoms with van der Waals surface area (Å²) in [4.78, 5) is 15.3. The van der Waals surface area contributed by atoms with Gasteiger partial charge in [0.15, 0.2) is 0 Å². The van der Waals surface area contributed by atoms with Crippen molar-refractivity contribution in [2.75, 3.05) is 13.2 Å². The molecule has 1 N–H and O–H groups in total. The Balaban J connectivity index is 2.28. The fourth-order valence-electron chi connectivity index (χ4n) is 1.20. The van der Waals surface area contributed by atoms with E-state index in [0.717, 1.165) is 11.4 Å². The molecule has 1 heterocycles. The summed E-state index contributed by atoms with van der Waals surface area (Å²) in [5.41, 5.74) is 1.91. The molecule has 1 rings (SSSR count). The second kappa shape index (κ2) is 6.14. The summed E-state index contributed by atoms with van der Waals surface area (Å²) in [6.07, 6.45) is 0. The van der Waals surface area contributed by atoms with Crippen molar-refractivity contribution in [2.24, 2.45) is 0 Å². The molecule has 4 nitrogen and oxygen atoms in total.